The molecule has 31 heavy (non-hydrogen) atoms. The summed E-state index contributed by atoms with van der Waals surface area (Å²) in [5, 5.41) is 0. The van der Waals surface area contributed by atoms with Crippen LogP contribution in [0.3, 0.4) is 0 Å². The number of aryl methyl sites for hydroxylation is 2. The molecule has 1 aliphatic rings. The second-order valence-electron chi connectivity index (χ2n) is 8.28. The zero-order chi connectivity index (χ0) is 22.3. The van der Waals surface area contributed by atoms with E-state index in [4.69, 9.17) is 4.98 Å². The molecule has 160 valence electrons. The fraction of sp³-hybridized carbons (Fsp3) is 0.296. The molecule has 0 bridgehead atoms. The number of benzene rings is 2. The van der Waals surface area contributed by atoms with Crippen molar-refractivity contribution in [2.24, 2.45) is 0 Å². The molecule has 2 heterocycles. The highest BCUT2D eigenvalue weighted by Gasteiger charge is 2.29. The number of allylic oxidation sites excluding steroid dienone is 1. The van der Waals surface area contributed by atoms with Crippen LogP contribution in [0.5, 0.6) is 0 Å². The Morgan fingerprint density at radius 2 is 1.81 bits per heavy atom. The van der Waals surface area contributed by atoms with E-state index in [0.717, 1.165) is 36.2 Å². The van der Waals surface area contributed by atoms with Crippen LogP contribution in [0.4, 0.5) is 10.1 Å². The van der Waals surface area contributed by atoms with Gasteiger partial charge in [0.25, 0.3) is 0 Å². The van der Waals surface area contributed by atoms with Crippen molar-refractivity contribution in [2.45, 2.75) is 40.5 Å². The van der Waals surface area contributed by atoms with Gasteiger partial charge in [0, 0.05) is 18.4 Å². The quantitative estimate of drug-likeness (QED) is 0.321. The van der Waals surface area contributed by atoms with Crippen molar-refractivity contribution in [1.82, 2.24) is 4.98 Å². The van der Waals surface area contributed by atoms with Gasteiger partial charge < -0.3 is 4.31 Å². The minimum absolute atomic E-state index is 0.227. The van der Waals surface area contributed by atoms with E-state index in [1.165, 1.54) is 39.1 Å². The molecule has 0 amide bonds. The summed E-state index contributed by atoms with van der Waals surface area (Å²) in [6.45, 7) is 13.1. The molecule has 1 aromatic heterocycles. The third-order valence-corrected chi connectivity index (χ3v) is 7.11. The van der Waals surface area contributed by atoms with Gasteiger partial charge in [-0.15, -0.1) is 6.58 Å². The zero-order valence-corrected chi connectivity index (χ0v) is 19.8. The minimum Gasteiger partial charge on any atom is -0.315 e. The number of aromatic nitrogens is 1. The molecule has 0 spiro atoms. The van der Waals surface area contributed by atoms with Crippen LogP contribution in [0, 0.1) is 33.5 Å². The topological polar surface area (TPSA) is 16.1 Å². The Hall–Kier alpha value is -2.59. The van der Waals surface area contributed by atoms with Gasteiger partial charge in [-0.2, -0.15) is 0 Å². The molecule has 4 rings (SSSR count). The van der Waals surface area contributed by atoms with Gasteiger partial charge in [0.05, 0.1) is 17.1 Å². The van der Waals surface area contributed by atoms with Gasteiger partial charge in [0.2, 0.25) is 0 Å². The summed E-state index contributed by atoms with van der Waals surface area (Å²) in [6.07, 6.45) is 5.66. The van der Waals surface area contributed by atoms with Crippen LogP contribution < -0.4 is 4.31 Å². The molecular formula is C27H29FN2S. The van der Waals surface area contributed by atoms with Gasteiger partial charge >= 0.3 is 0 Å². The zero-order valence-electron chi connectivity index (χ0n) is 19.0. The second-order valence-corrected chi connectivity index (χ2v) is 9.09. The number of rotatable bonds is 4. The highest BCUT2D eigenvalue weighted by Crippen LogP contribution is 2.48. The lowest BCUT2D eigenvalue weighted by Crippen LogP contribution is -2.18. The Morgan fingerprint density at radius 1 is 1.10 bits per heavy atom. The van der Waals surface area contributed by atoms with Crippen molar-refractivity contribution in [3.8, 4) is 22.4 Å². The van der Waals surface area contributed by atoms with Crippen molar-refractivity contribution in [3.05, 3.63) is 82.3 Å². The summed E-state index contributed by atoms with van der Waals surface area (Å²) in [5.41, 5.74) is 12.1. The summed E-state index contributed by atoms with van der Waals surface area (Å²) >= 11 is 1.72. The fourth-order valence-corrected chi connectivity index (χ4v) is 5.39. The average Bonchev–Trinajstić information content (AvgIpc) is 2.90. The normalized spacial score (nSPS) is 12.9. The molecule has 0 radical (unpaired) electrons. The summed E-state index contributed by atoms with van der Waals surface area (Å²) in [7, 11) is 0. The van der Waals surface area contributed by atoms with Crippen molar-refractivity contribution in [2.75, 3.05) is 17.1 Å². The lowest BCUT2D eigenvalue weighted by molar-refractivity contribution is 0.607. The highest BCUT2D eigenvalue weighted by atomic mass is 32.2. The van der Waals surface area contributed by atoms with Crippen molar-refractivity contribution >= 4 is 17.6 Å². The first kappa shape index (κ1) is 21.6. The molecule has 0 saturated carbocycles. The molecule has 4 heteroatoms. The van der Waals surface area contributed by atoms with Gasteiger partial charge in [-0.25, -0.2) is 9.37 Å². The number of pyridine rings is 1. The van der Waals surface area contributed by atoms with E-state index in [2.05, 4.69) is 62.2 Å². The number of anilines is 1. The highest BCUT2D eigenvalue weighted by molar-refractivity contribution is 8.00. The molecule has 0 fully saturated rings. The minimum atomic E-state index is -0.227. The number of hydrogen-bond donors (Lipinski definition) is 0. The molecule has 0 atom stereocenters. The predicted molar refractivity (Wildman–Crippen MR) is 132 cm³/mol. The van der Waals surface area contributed by atoms with Gasteiger partial charge in [-0.05, 0) is 80.0 Å². The van der Waals surface area contributed by atoms with Crippen molar-refractivity contribution in [3.63, 3.8) is 0 Å². The average molecular weight is 433 g/mol. The lowest BCUT2D eigenvalue weighted by atomic mass is 9.84. The lowest BCUT2D eigenvalue weighted by Gasteiger charge is -2.29. The first-order valence-corrected chi connectivity index (χ1v) is 11.9. The summed E-state index contributed by atoms with van der Waals surface area (Å²) in [5.74, 6) is -0.227. The predicted octanol–water partition coefficient (Wildman–Crippen LogP) is 7.16. The van der Waals surface area contributed by atoms with Crippen LogP contribution in [0.2, 0.25) is 0 Å². The molecule has 0 N–H and O–H groups in total. The first-order chi connectivity index (χ1) is 14.9. The van der Waals surface area contributed by atoms with Crippen LogP contribution >= 0.6 is 11.9 Å². The number of halogens is 1. The van der Waals surface area contributed by atoms with E-state index < -0.39 is 0 Å². The number of nitrogens with zero attached hydrogens (tertiary/aromatic N) is 2. The maximum Gasteiger partial charge on any atom is 0.144 e. The summed E-state index contributed by atoms with van der Waals surface area (Å²) < 4.78 is 16.8. The fourth-order valence-electron chi connectivity index (χ4n) is 4.70. The monoisotopic (exact) mass is 432 g/mol. The van der Waals surface area contributed by atoms with E-state index >= 15 is 0 Å². The Morgan fingerprint density at radius 3 is 2.45 bits per heavy atom. The van der Waals surface area contributed by atoms with Crippen LogP contribution in [0.15, 0.2) is 43.0 Å². The number of fused-ring (bicyclic) bond motifs is 3. The van der Waals surface area contributed by atoms with Crippen molar-refractivity contribution < 1.29 is 4.39 Å². The Bertz CT molecular complexity index is 1170. The second kappa shape index (κ2) is 8.51. The van der Waals surface area contributed by atoms with Gasteiger partial charge in [0.1, 0.15) is 5.82 Å². The largest absolute Gasteiger partial charge is 0.315 e. The van der Waals surface area contributed by atoms with Crippen molar-refractivity contribution in [1.29, 1.82) is 0 Å². The van der Waals surface area contributed by atoms with E-state index in [1.807, 2.05) is 6.08 Å². The third-order valence-electron chi connectivity index (χ3n) is 6.31. The van der Waals surface area contributed by atoms with E-state index in [-0.39, 0.29) is 5.82 Å². The summed E-state index contributed by atoms with van der Waals surface area (Å²) in [4.78, 5) is 4.78. The molecule has 0 saturated heterocycles. The van der Waals surface area contributed by atoms with Crippen LogP contribution in [0.1, 0.15) is 33.5 Å². The van der Waals surface area contributed by atoms with Crippen LogP contribution in [-0.2, 0) is 12.8 Å². The maximum absolute atomic E-state index is 14.4. The Kier molecular flexibility index (Phi) is 5.94. The van der Waals surface area contributed by atoms with Gasteiger partial charge in [-0.3, -0.25) is 0 Å². The van der Waals surface area contributed by atoms with Crippen LogP contribution in [0.25, 0.3) is 22.4 Å². The molecule has 3 aromatic rings. The SMILES string of the molecule is C=CCc1c(C)c2c(c(C)c1-c1ccc(C)cc1)-c1nc(C)c(F)cc1CCN2SC. The Labute approximate surface area is 189 Å². The number of hydrogen-bond acceptors (Lipinski definition) is 3. The first-order valence-electron chi connectivity index (χ1n) is 10.7. The third kappa shape index (κ3) is 3.67. The summed E-state index contributed by atoms with van der Waals surface area (Å²) in [6, 6.07) is 10.4. The molecule has 0 unspecified atom stereocenters. The maximum atomic E-state index is 14.4. The molecule has 0 aliphatic carbocycles. The molecule has 2 aromatic carbocycles. The van der Waals surface area contributed by atoms with Gasteiger partial charge in [0.15, 0.2) is 0 Å². The molecular weight excluding hydrogens is 403 g/mol. The molecule has 1 aliphatic heterocycles. The van der Waals surface area contributed by atoms with E-state index in [1.54, 1.807) is 24.9 Å². The van der Waals surface area contributed by atoms with Gasteiger partial charge in [-0.1, -0.05) is 47.9 Å². The Balaban J connectivity index is 2.14. The van der Waals surface area contributed by atoms with E-state index in [0.29, 0.717) is 5.69 Å². The molecule has 2 nitrogen and oxygen atoms in total. The van der Waals surface area contributed by atoms with E-state index in [9.17, 15) is 4.39 Å². The smallest absolute Gasteiger partial charge is 0.144 e. The van der Waals surface area contributed by atoms with Crippen LogP contribution in [-0.4, -0.2) is 17.8 Å². The standard InChI is InChI=1S/C27H29FN2S/c1-7-8-22-17(3)27-25(18(4)24(22)20-11-9-16(2)10-12-20)26-21(13-14-30(27)31-6)15-23(28)19(5)29-26/h7,9-12,15H,1,8,13-14H2,2-6H3.